The monoisotopic (exact) mass is 333 g/mol. The Hall–Kier alpha value is -0.820. The fraction of sp³-hybridized carbons (Fsp3) is 0.938. The van der Waals surface area contributed by atoms with E-state index in [1.807, 2.05) is 4.90 Å². The fourth-order valence-electron chi connectivity index (χ4n) is 4.35. The zero-order valence-corrected chi connectivity index (χ0v) is 13.4. The first kappa shape index (κ1) is 17.0. The summed E-state index contributed by atoms with van der Waals surface area (Å²) in [5.74, 6) is 1.12. The van der Waals surface area contributed by atoms with Crippen LogP contribution in [0.2, 0.25) is 0 Å². The number of halogens is 3. The number of carbonyl (C=O) groups excluding carboxylic acids is 1. The van der Waals surface area contributed by atoms with Gasteiger partial charge in [0.2, 0.25) is 5.91 Å². The molecule has 3 heterocycles. The maximum absolute atomic E-state index is 12.7. The van der Waals surface area contributed by atoms with Crippen LogP contribution >= 0.6 is 0 Å². The first-order valence-electron chi connectivity index (χ1n) is 8.71. The van der Waals surface area contributed by atoms with E-state index >= 15 is 0 Å². The quantitative estimate of drug-likeness (QED) is 0.836. The van der Waals surface area contributed by atoms with Crippen LogP contribution in [0.25, 0.3) is 0 Å². The largest absolute Gasteiger partial charge is 0.401 e. The smallest absolute Gasteiger partial charge is 0.342 e. The average molecular weight is 333 g/mol. The van der Waals surface area contributed by atoms with Crippen LogP contribution < -0.4 is 5.32 Å². The van der Waals surface area contributed by atoms with E-state index in [4.69, 9.17) is 0 Å². The number of nitrogens with zero attached hydrogens (tertiary/aromatic N) is 2. The second kappa shape index (κ2) is 6.97. The molecule has 0 spiro atoms. The molecule has 3 fully saturated rings. The van der Waals surface area contributed by atoms with Crippen molar-refractivity contribution in [2.45, 2.75) is 31.9 Å². The van der Waals surface area contributed by atoms with Gasteiger partial charge in [0.15, 0.2) is 0 Å². The van der Waals surface area contributed by atoms with Crippen LogP contribution in [-0.4, -0.2) is 67.7 Å². The second-order valence-corrected chi connectivity index (χ2v) is 7.27. The summed E-state index contributed by atoms with van der Waals surface area (Å²) in [4.78, 5) is 16.0. The Balaban J connectivity index is 1.54. The summed E-state index contributed by atoms with van der Waals surface area (Å²) >= 11 is 0. The molecule has 3 saturated heterocycles. The molecule has 1 N–H and O–H groups in total. The molecular weight excluding hydrogens is 307 g/mol. The molecule has 3 aliphatic heterocycles. The number of alkyl halides is 3. The van der Waals surface area contributed by atoms with E-state index in [1.54, 1.807) is 0 Å². The van der Waals surface area contributed by atoms with Gasteiger partial charge in [-0.3, -0.25) is 9.69 Å². The molecule has 132 valence electrons. The molecule has 0 saturated carbocycles. The van der Waals surface area contributed by atoms with Gasteiger partial charge in [-0.1, -0.05) is 0 Å². The zero-order chi connectivity index (χ0) is 16.4. The van der Waals surface area contributed by atoms with Gasteiger partial charge >= 0.3 is 6.18 Å². The number of nitrogens with one attached hydrogen (secondary N) is 1. The second-order valence-electron chi connectivity index (χ2n) is 7.27. The molecule has 0 bridgehead atoms. The third-order valence-corrected chi connectivity index (χ3v) is 5.59. The van der Waals surface area contributed by atoms with E-state index in [0.717, 1.165) is 45.4 Å². The third-order valence-electron chi connectivity index (χ3n) is 5.59. The van der Waals surface area contributed by atoms with Crippen molar-refractivity contribution in [1.29, 1.82) is 0 Å². The van der Waals surface area contributed by atoms with Crippen LogP contribution in [0, 0.1) is 17.8 Å². The predicted molar refractivity (Wildman–Crippen MR) is 80.9 cm³/mol. The van der Waals surface area contributed by atoms with Crippen molar-refractivity contribution in [3.63, 3.8) is 0 Å². The van der Waals surface area contributed by atoms with Crippen molar-refractivity contribution >= 4 is 5.91 Å². The molecular formula is C16H26F3N3O. The van der Waals surface area contributed by atoms with Gasteiger partial charge in [-0.15, -0.1) is 0 Å². The van der Waals surface area contributed by atoms with Gasteiger partial charge in [0.05, 0.1) is 12.5 Å². The number of hydrogen-bond donors (Lipinski definition) is 1. The molecule has 0 aromatic heterocycles. The van der Waals surface area contributed by atoms with E-state index in [1.165, 1.54) is 4.90 Å². The molecule has 4 nitrogen and oxygen atoms in total. The van der Waals surface area contributed by atoms with Crippen LogP contribution in [0.1, 0.15) is 25.7 Å². The lowest BCUT2D eigenvalue weighted by molar-refractivity contribution is -0.154. The molecule has 1 unspecified atom stereocenters. The van der Waals surface area contributed by atoms with Crippen LogP contribution in [0.3, 0.4) is 0 Å². The predicted octanol–water partition coefficient (Wildman–Crippen LogP) is 1.72. The standard InChI is InChI=1S/C16H26F3N3O/c17-16(18,19)11-21-5-1-2-14(10-21)15(23)22-6-3-12-8-20-9-13(12)4-7-22/h12-14,20H,1-11H2/t12-,13+,14?. The molecule has 23 heavy (non-hydrogen) atoms. The number of rotatable bonds is 2. The van der Waals surface area contributed by atoms with E-state index in [2.05, 4.69) is 5.32 Å². The minimum Gasteiger partial charge on any atom is -0.342 e. The number of carbonyl (C=O) groups is 1. The molecule has 0 aromatic rings. The Morgan fingerprint density at radius 3 is 2.30 bits per heavy atom. The molecule has 0 radical (unpaired) electrons. The van der Waals surface area contributed by atoms with Crippen molar-refractivity contribution in [3.8, 4) is 0 Å². The molecule has 0 aromatic carbocycles. The summed E-state index contributed by atoms with van der Waals surface area (Å²) in [7, 11) is 0. The van der Waals surface area contributed by atoms with Crippen molar-refractivity contribution < 1.29 is 18.0 Å². The maximum Gasteiger partial charge on any atom is 0.401 e. The summed E-state index contributed by atoms with van der Waals surface area (Å²) in [5.41, 5.74) is 0. The molecule has 7 heteroatoms. The van der Waals surface area contributed by atoms with Crippen LogP contribution in [0.4, 0.5) is 13.2 Å². The topological polar surface area (TPSA) is 35.6 Å². The first-order valence-corrected chi connectivity index (χ1v) is 8.71. The lowest BCUT2D eigenvalue weighted by atomic mass is 9.92. The number of amides is 1. The van der Waals surface area contributed by atoms with Crippen molar-refractivity contribution in [3.05, 3.63) is 0 Å². The Morgan fingerprint density at radius 2 is 1.70 bits per heavy atom. The third kappa shape index (κ3) is 4.38. The number of piperidine rings is 1. The Bertz CT molecular complexity index is 415. The molecule has 3 atom stereocenters. The summed E-state index contributed by atoms with van der Waals surface area (Å²) in [6.45, 7) is 3.40. The SMILES string of the molecule is O=C(C1CCCN(CC(F)(F)F)C1)N1CC[C@@H]2CNC[C@@H]2CC1. The first-order chi connectivity index (χ1) is 10.9. The van der Waals surface area contributed by atoms with Gasteiger partial charge in [0.25, 0.3) is 0 Å². The van der Waals surface area contributed by atoms with Gasteiger partial charge in [0.1, 0.15) is 0 Å². The van der Waals surface area contributed by atoms with Crippen LogP contribution in [-0.2, 0) is 4.79 Å². The van der Waals surface area contributed by atoms with Crippen molar-refractivity contribution in [2.75, 3.05) is 45.8 Å². The van der Waals surface area contributed by atoms with Gasteiger partial charge in [0, 0.05) is 19.6 Å². The average Bonchev–Trinajstić information content (AvgIpc) is 2.84. The van der Waals surface area contributed by atoms with Crippen LogP contribution in [0.5, 0.6) is 0 Å². The Labute approximate surface area is 135 Å². The summed E-state index contributed by atoms with van der Waals surface area (Å²) in [5, 5.41) is 3.41. The minimum absolute atomic E-state index is 0.0739. The lowest BCUT2D eigenvalue weighted by Crippen LogP contribution is -2.47. The lowest BCUT2D eigenvalue weighted by Gasteiger charge is -2.35. The Kier molecular flexibility index (Phi) is 5.16. The van der Waals surface area contributed by atoms with Crippen molar-refractivity contribution in [2.24, 2.45) is 17.8 Å². The van der Waals surface area contributed by atoms with Crippen molar-refractivity contribution in [1.82, 2.24) is 15.1 Å². The molecule has 1 amide bonds. The molecule has 3 rings (SSSR count). The van der Waals surface area contributed by atoms with Crippen LogP contribution in [0.15, 0.2) is 0 Å². The van der Waals surface area contributed by atoms with Gasteiger partial charge in [-0.2, -0.15) is 13.2 Å². The molecule has 0 aliphatic carbocycles. The Morgan fingerprint density at radius 1 is 1.04 bits per heavy atom. The number of hydrogen-bond acceptors (Lipinski definition) is 3. The molecule has 3 aliphatic rings. The van der Waals surface area contributed by atoms with E-state index in [0.29, 0.717) is 24.8 Å². The van der Waals surface area contributed by atoms with Gasteiger partial charge in [-0.25, -0.2) is 0 Å². The highest BCUT2D eigenvalue weighted by Crippen LogP contribution is 2.29. The normalized spacial score (nSPS) is 33.3. The fourth-order valence-corrected chi connectivity index (χ4v) is 4.35. The summed E-state index contributed by atoms with van der Waals surface area (Å²) in [6, 6.07) is 0. The van der Waals surface area contributed by atoms with E-state index in [9.17, 15) is 18.0 Å². The highest BCUT2D eigenvalue weighted by atomic mass is 19.4. The summed E-state index contributed by atoms with van der Waals surface area (Å²) in [6.07, 6.45) is -0.754. The maximum atomic E-state index is 12.7. The number of fused-ring (bicyclic) bond motifs is 1. The van der Waals surface area contributed by atoms with E-state index < -0.39 is 12.7 Å². The minimum atomic E-state index is -4.18. The van der Waals surface area contributed by atoms with Gasteiger partial charge < -0.3 is 10.2 Å². The van der Waals surface area contributed by atoms with Gasteiger partial charge in [-0.05, 0) is 57.2 Å². The highest BCUT2D eigenvalue weighted by Gasteiger charge is 2.37. The highest BCUT2D eigenvalue weighted by molar-refractivity contribution is 5.79. The van der Waals surface area contributed by atoms with E-state index in [-0.39, 0.29) is 18.4 Å². The summed E-state index contributed by atoms with van der Waals surface area (Å²) < 4.78 is 37.7. The zero-order valence-electron chi connectivity index (χ0n) is 13.4. The number of likely N-dealkylation sites (tertiary alicyclic amines) is 2.